The smallest absolute Gasteiger partial charge is 0.270 e. The molecule has 0 aliphatic carbocycles. The summed E-state index contributed by atoms with van der Waals surface area (Å²) in [5.41, 5.74) is 1.28. The van der Waals surface area contributed by atoms with Gasteiger partial charge in [-0.1, -0.05) is 0 Å². The number of nitro groups is 1. The Morgan fingerprint density at radius 2 is 2.22 bits per heavy atom. The minimum Gasteiger partial charge on any atom is -0.464 e. The number of nitro benzene ring substituents is 1. The van der Waals surface area contributed by atoms with Crippen LogP contribution in [0.25, 0.3) is 11.3 Å². The van der Waals surface area contributed by atoms with Crippen LogP contribution in [-0.2, 0) is 0 Å². The molecule has 0 atom stereocenters. The van der Waals surface area contributed by atoms with Gasteiger partial charge in [-0.05, 0) is 18.2 Å². The zero-order chi connectivity index (χ0) is 13.0. The van der Waals surface area contributed by atoms with Gasteiger partial charge in [-0.15, -0.1) is 0 Å². The molecule has 0 radical (unpaired) electrons. The molecule has 1 aromatic carbocycles. The van der Waals surface area contributed by atoms with Crippen molar-refractivity contribution in [3.05, 3.63) is 46.7 Å². The minimum absolute atomic E-state index is 0.00375. The van der Waals surface area contributed by atoms with Gasteiger partial charge in [0.1, 0.15) is 5.76 Å². The van der Waals surface area contributed by atoms with Gasteiger partial charge in [-0.25, -0.2) is 0 Å². The quantitative estimate of drug-likeness (QED) is 0.625. The zero-order valence-electron chi connectivity index (χ0n) is 9.50. The number of furan rings is 1. The molecule has 0 saturated heterocycles. The van der Waals surface area contributed by atoms with Crippen LogP contribution in [0.15, 0.2) is 41.0 Å². The van der Waals surface area contributed by atoms with Crippen molar-refractivity contribution in [1.82, 2.24) is 0 Å². The molecule has 0 fully saturated rings. The van der Waals surface area contributed by atoms with E-state index in [-0.39, 0.29) is 12.3 Å². The van der Waals surface area contributed by atoms with Crippen LogP contribution in [0.2, 0.25) is 0 Å². The van der Waals surface area contributed by atoms with Gasteiger partial charge in [-0.3, -0.25) is 10.1 Å². The van der Waals surface area contributed by atoms with E-state index in [9.17, 15) is 10.1 Å². The van der Waals surface area contributed by atoms with Crippen molar-refractivity contribution in [2.75, 3.05) is 18.5 Å². The number of hydrogen-bond donors (Lipinski definition) is 2. The van der Waals surface area contributed by atoms with Gasteiger partial charge < -0.3 is 14.8 Å². The molecule has 2 aromatic rings. The number of aliphatic hydroxyl groups excluding tert-OH is 1. The van der Waals surface area contributed by atoms with Gasteiger partial charge in [0, 0.05) is 29.9 Å². The molecule has 0 spiro atoms. The molecule has 6 heteroatoms. The maximum atomic E-state index is 10.8. The maximum absolute atomic E-state index is 10.8. The first-order chi connectivity index (χ1) is 8.72. The average Bonchev–Trinajstić information content (AvgIpc) is 2.89. The molecule has 1 heterocycles. The van der Waals surface area contributed by atoms with Gasteiger partial charge in [0.2, 0.25) is 0 Å². The first kappa shape index (κ1) is 12.1. The third kappa shape index (κ3) is 2.49. The van der Waals surface area contributed by atoms with E-state index >= 15 is 0 Å². The highest BCUT2D eigenvalue weighted by Crippen LogP contribution is 2.31. The Morgan fingerprint density at radius 3 is 2.83 bits per heavy atom. The average molecular weight is 248 g/mol. The fraction of sp³-hybridized carbons (Fsp3) is 0.167. The van der Waals surface area contributed by atoms with E-state index in [0.29, 0.717) is 23.6 Å². The molecule has 0 aliphatic rings. The molecule has 0 aliphatic heterocycles. The molecule has 18 heavy (non-hydrogen) atoms. The third-order valence-corrected chi connectivity index (χ3v) is 2.43. The third-order valence-electron chi connectivity index (χ3n) is 2.43. The van der Waals surface area contributed by atoms with Crippen LogP contribution in [0.3, 0.4) is 0 Å². The van der Waals surface area contributed by atoms with Crippen molar-refractivity contribution in [2.45, 2.75) is 0 Å². The summed E-state index contributed by atoms with van der Waals surface area (Å²) >= 11 is 0. The van der Waals surface area contributed by atoms with E-state index in [1.807, 2.05) is 0 Å². The van der Waals surface area contributed by atoms with Gasteiger partial charge in [0.25, 0.3) is 5.69 Å². The largest absolute Gasteiger partial charge is 0.464 e. The fourth-order valence-corrected chi connectivity index (χ4v) is 1.63. The summed E-state index contributed by atoms with van der Waals surface area (Å²) in [5.74, 6) is 0.541. The van der Waals surface area contributed by atoms with E-state index in [1.165, 1.54) is 18.4 Å². The van der Waals surface area contributed by atoms with E-state index < -0.39 is 4.92 Å². The van der Waals surface area contributed by atoms with Crippen LogP contribution in [0.4, 0.5) is 11.4 Å². The lowest BCUT2D eigenvalue weighted by molar-refractivity contribution is -0.384. The lowest BCUT2D eigenvalue weighted by Crippen LogP contribution is -2.06. The standard InChI is InChI=1S/C12H12N2O4/c15-6-5-13-11-4-3-9(14(16)17)8-10(11)12-2-1-7-18-12/h1-4,7-8,13,15H,5-6H2. The minimum atomic E-state index is -0.456. The Balaban J connectivity index is 2.43. The first-order valence-corrected chi connectivity index (χ1v) is 5.39. The molecule has 0 unspecified atom stereocenters. The normalized spacial score (nSPS) is 10.3. The van der Waals surface area contributed by atoms with E-state index in [0.717, 1.165) is 0 Å². The molecule has 94 valence electrons. The number of hydrogen-bond acceptors (Lipinski definition) is 5. The van der Waals surface area contributed by atoms with Gasteiger partial charge in [0.05, 0.1) is 17.8 Å². The zero-order valence-corrected chi connectivity index (χ0v) is 9.50. The summed E-state index contributed by atoms with van der Waals surface area (Å²) in [5, 5.41) is 22.5. The SMILES string of the molecule is O=[N+]([O-])c1ccc(NCCO)c(-c2ccco2)c1. The van der Waals surface area contributed by atoms with E-state index in [4.69, 9.17) is 9.52 Å². The topological polar surface area (TPSA) is 88.5 Å². The molecule has 2 N–H and O–H groups in total. The van der Waals surface area contributed by atoms with Gasteiger partial charge >= 0.3 is 0 Å². The monoisotopic (exact) mass is 248 g/mol. The summed E-state index contributed by atoms with van der Waals surface area (Å²) in [6.45, 7) is 0.347. The van der Waals surface area contributed by atoms with Crippen LogP contribution in [0.5, 0.6) is 0 Å². The summed E-state index contributed by atoms with van der Waals surface area (Å²) in [4.78, 5) is 10.3. The maximum Gasteiger partial charge on any atom is 0.270 e. The van der Waals surface area contributed by atoms with E-state index in [1.54, 1.807) is 18.2 Å². The number of nitrogens with one attached hydrogen (secondary N) is 1. The molecular formula is C12H12N2O4. The lowest BCUT2D eigenvalue weighted by atomic mass is 10.1. The van der Waals surface area contributed by atoms with Crippen molar-refractivity contribution in [2.24, 2.45) is 0 Å². The Labute approximate surface area is 103 Å². The lowest BCUT2D eigenvalue weighted by Gasteiger charge is -2.09. The predicted molar refractivity (Wildman–Crippen MR) is 66.4 cm³/mol. The number of anilines is 1. The highest BCUT2D eigenvalue weighted by molar-refractivity contribution is 5.77. The van der Waals surface area contributed by atoms with Crippen molar-refractivity contribution in [3.63, 3.8) is 0 Å². The highest BCUT2D eigenvalue weighted by atomic mass is 16.6. The molecule has 0 saturated carbocycles. The molecule has 6 nitrogen and oxygen atoms in total. The summed E-state index contributed by atoms with van der Waals surface area (Å²) in [6.07, 6.45) is 1.50. The van der Waals surface area contributed by atoms with Crippen LogP contribution in [-0.4, -0.2) is 23.2 Å². The summed E-state index contributed by atoms with van der Waals surface area (Å²) in [7, 11) is 0. The first-order valence-electron chi connectivity index (χ1n) is 5.39. The van der Waals surface area contributed by atoms with E-state index in [2.05, 4.69) is 5.32 Å². The molecule has 0 amide bonds. The number of benzene rings is 1. The molecule has 1 aromatic heterocycles. The second-order valence-electron chi connectivity index (χ2n) is 3.61. The molecule has 0 bridgehead atoms. The summed E-state index contributed by atoms with van der Waals surface area (Å²) in [6, 6.07) is 7.89. The number of rotatable bonds is 5. The summed E-state index contributed by atoms with van der Waals surface area (Å²) < 4.78 is 5.25. The van der Waals surface area contributed by atoms with Crippen molar-refractivity contribution in [3.8, 4) is 11.3 Å². The van der Waals surface area contributed by atoms with Crippen LogP contribution in [0.1, 0.15) is 0 Å². The van der Waals surface area contributed by atoms with Gasteiger partial charge in [-0.2, -0.15) is 0 Å². The van der Waals surface area contributed by atoms with Gasteiger partial charge in [0.15, 0.2) is 0 Å². The predicted octanol–water partition coefficient (Wildman–Crippen LogP) is 2.26. The Hall–Kier alpha value is -2.34. The van der Waals surface area contributed by atoms with Crippen LogP contribution < -0.4 is 5.32 Å². The molecular weight excluding hydrogens is 236 g/mol. The number of non-ortho nitro benzene ring substituents is 1. The highest BCUT2D eigenvalue weighted by Gasteiger charge is 2.13. The second-order valence-corrected chi connectivity index (χ2v) is 3.61. The number of aliphatic hydroxyl groups is 1. The second kappa shape index (κ2) is 5.33. The van der Waals surface area contributed by atoms with Crippen molar-refractivity contribution < 1.29 is 14.4 Å². The fourth-order valence-electron chi connectivity index (χ4n) is 1.63. The Bertz CT molecular complexity index is 537. The van der Waals surface area contributed by atoms with Crippen LogP contribution >= 0.6 is 0 Å². The number of nitrogens with zero attached hydrogens (tertiary/aromatic N) is 1. The van der Waals surface area contributed by atoms with Crippen molar-refractivity contribution in [1.29, 1.82) is 0 Å². The molecule has 2 rings (SSSR count). The Kier molecular flexibility index (Phi) is 3.59. The Morgan fingerprint density at radius 1 is 1.39 bits per heavy atom. The van der Waals surface area contributed by atoms with Crippen molar-refractivity contribution >= 4 is 11.4 Å². The van der Waals surface area contributed by atoms with Crippen LogP contribution in [0, 0.1) is 10.1 Å².